The summed E-state index contributed by atoms with van der Waals surface area (Å²) in [5.74, 6) is -0.00467. The van der Waals surface area contributed by atoms with Crippen molar-refractivity contribution in [3.05, 3.63) is 35.9 Å². The van der Waals surface area contributed by atoms with Gasteiger partial charge in [0.2, 0.25) is 0 Å². The predicted molar refractivity (Wildman–Crippen MR) is 64.6 cm³/mol. The van der Waals surface area contributed by atoms with Gasteiger partial charge in [0, 0.05) is 12.5 Å². The first kappa shape index (κ1) is 12.1. The molecule has 1 fully saturated rings. The minimum Gasteiger partial charge on any atom is -0.469 e. The molecule has 1 aromatic carbocycles. The lowest BCUT2D eigenvalue weighted by atomic mass is 9.56. The number of methoxy groups -OCH3 is 1. The molecule has 92 valence electrons. The van der Waals surface area contributed by atoms with E-state index >= 15 is 0 Å². The number of esters is 1. The van der Waals surface area contributed by atoms with E-state index in [4.69, 9.17) is 9.84 Å². The summed E-state index contributed by atoms with van der Waals surface area (Å²) < 4.78 is 4.91. The molecular formula is C14H18O3. The van der Waals surface area contributed by atoms with E-state index in [-0.39, 0.29) is 18.5 Å². The number of carbonyl (C=O) groups is 1. The van der Waals surface area contributed by atoms with Crippen LogP contribution in [0.5, 0.6) is 0 Å². The quantitative estimate of drug-likeness (QED) is 0.812. The number of carbonyl (C=O) groups excluding carboxylic acids is 1. The van der Waals surface area contributed by atoms with E-state index in [0.29, 0.717) is 6.42 Å². The second-order valence-electron chi connectivity index (χ2n) is 4.62. The first-order valence-corrected chi connectivity index (χ1v) is 5.99. The Morgan fingerprint density at radius 1 is 1.47 bits per heavy atom. The van der Waals surface area contributed by atoms with Crippen molar-refractivity contribution in [2.24, 2.45) is 5.41 Å². The third-order valence-electron chi connectivity index (χ3n) is 3.90. The Morgan fingerprint density at radius 3 is 2.65 bits per heavy atom. The summed E-state index contributed by atoms with van der Waals surface area (Å²) in [6.07, 6.45) is 2.28. The SMILES string of the molecule is COC(=O)C1(CCO)CCC1c1ccccc1. The molecule has 1 N–H and O–H groups in total. The van der Waals surface area contributed by atoms with Crippen molar-refractivity contribution in [3.63, 3.8) is 0 Å². The van der Waals surface area contributed by atoms with Gasteiger partial charge in [-0.2, -0.15) is 0 Å². The van der Waals surface area contributed by atoms with Crippen LogP contribution in [0.3, 0.4) is 0 Å². The molecule has 0 radical (unpaired) electrons. The van der Waals surface area contributed by atoms with Gasteiger partial charge < -0.3 is 9.84 Å². The van der Waals surface area contributed by atoms with Crippen LogP contribution in [0.2, 0.25) is 0 Å². The Morgan fingerprint density at radius 2 is 2.18 bits per heavy atom. The Hall–Kier alpha value is -1.35. The Kier molecular flexibility index (Phi) is 3.48. The van der Waals surface area contributed by atoms with Crippen LogP contribution >= 0.6 is 0 Å². The molecule has 0 aliphatic heterocycles. The highest BCUT2D eigenvalue weighted by atomic mass is 16.5. The van der Waals surface area contributed by atoms with Gasteiger partial charge in [0.15, 0.2) is 0 Å². The molecule has 1 aliphatic rings. The molecule has 3 nitrogen and oxygen atoms in total. The van der Waals surface area contributed by atoms with E-state index in [2.05, 4.69) is 0 Å². The fourth-order valence-corrected chi connectivity index (χ4v) is 2.86. The van der Waals surface area contributed by atoms with Gasteiger partial charge in [0.05, 0.1) is 12.5 Å². The summed E-state index contributed by atoms with van der Waals surface area (Å²) in [5.41, 5.74) is 0.655. The molecule has 2 atom stereocenters. The van der Waals surface area contributed by atoms with Gasteiger partial charge in [-0.15, -0.1) is 0 Å². The van der Waals surface area contributed by atoms with E-state index in [0.717, 1.165) is 18.4 Å². The minimum absolute atomic E-state index is 0.0262. The standard InChI is InChI=1S/C14H18O3/c1-17-13(16)14(9-10-15)8-7-12(14)11-5-3-2-4-6-11/h2-6,12,15H,7-10H2,1H3. The van der Waals surface area contributed by atoms with Crippen molar-refractivity contribution in [2.75, 3.05) is 13.7 Å². The summed E-state index contributed by atoms with van der Waals surface area (Å²) in [6, 6.07) is 10.0. The lowest BCUT2D eigenvalue weighted by Gasteiger charge is -2.47. The van der Waals surface area contributed by atoms with Crippen molar-refractivity contribution in [1.82, 2.24) is 0 Å². The van der Waals surface area contributed by atoms with Crippen LogP contribution in [0, 0.1) is 5.41 Å². The Labute approximate surface area is 101 Å². The number of ether oxygens (including phenoxy) is 1. The summed E-state index contributed by atoms with van der Waals surface area (Å²) in [6.45, 7) is 0.0262. The molecule has 2 unspecified atom stereocenters. The number of rotatable bonds is 4. The smallest absolute Gasteiger partial charge is 0.312 e. The summed E-state index contributed by atoms with van der Waals surface area (Å²) >= 11 is 0. The largest absolute Gasteiger partial charge is 0.469 e. The summed E-state index contributed by atoms with van der Waals surface area (Å²) in [7, 11) is 1.42. The second kappa shape index (κ2) is 4.88. The maximum absolute atomic E-state index is 12.0. The third-order valence-corrected chi connectivity index (χ3v) is 3.90. The number of hydrogen-bond donors (Lipinski definition) is 1. The van der Waals surface area contributed by atoms with Crippen molar-refractivity contribution < 1.29 is 14.6 Å². The van der Waals surface area contributed by atoms with Gasteiger partial charge >= 0.3 is 5.97 Å². The summed E-state index contributed by atoms with van der Waals surface area (Å²) in [4.78, 5) is 12.0. The van der Waals surface area contributed by atoms with Gasteiger partial charge in [-0.3, -0.25) is 4.79 Å². The third kappa shape index (κ3) is 1.95. The normalized spacial score (nSPS) is 27.3. The van der Waals surface area contributed by atoms with E-state index in [9.17, 15) is 4.79 Å². The van der Waals surface area contributed by atoms with Crippen molar-refractivity contribution >= 4 is 5.97 Å². The number of benzene rings is 1. The topological polar surface area (TPSA) is 46.5 Å². The highest BCUT2D eigenvalue weighted by Gasteiger charge is 2.53. The van der Waals surface area contributed by atoms with Gasteiger partial charge in [-0.25, -0.2) is 0 Å². The zero-order valence-corrected chi connectivity index (χ0v) is 10.1. The average Bonchev–Trinajstić information content (AvgIpc) is 2.35. The molecule has 0 aromatic heterocycles. The van der Waals surface area contributed by atoms with E-state index in [1.54, 1.807) is 0 Å². The molecule has 0 bridgehead atoms. The van der Waals surface area contributed by atoms with Gasteiger partial charge in [-0.1, -0.05) is 30.3 Å². The molecule has 2 rings (SSSR count). The van der Waals surface area contributed by atoms with Crippen LogP contribution < -0.4 is 0 Å². The van der Waals surface area contributed by atoms with Gasteiger partial charge in [-0.05, 0) is 24.8 Å². The fraction of sp³-hybridized carbons (Fsp3) is 0.500. The first-order chi connectivity index (χ1) is 8.24. The number of aliphatic hydroxyl groups is 1. The van der Waals surface area contributed by atoms with Crippen LogP contribution in [-0.2, 0) is 9.53 Å². The second-order valence-corrected chi connectivity index (χ2v) is 4.62. The fourth-order valence-electron chi connectivity index (χ4n) is 2.86. The average molecular weight is 234 g/mol. The summed E-state index contributed by atoms with van der Waals surface area (Å²) in [5, 5.41) is 9.17. The predicted octanol–water partition coefficient (Wildman–Crippen LogP) is 2.11. The van der Waals surface area contributed by atoms with Crippen LogP contribution in [0.4, 0.5) is 0 Å². The van der Waals surface area contributed by atoms with E-state index in [1.807, 2.05) is 30.3 Å². The highest BCUT2D eigenvalue weighted by Crippen LogP contribution is 2.55. The van der Waals surface area contributed by atoms with Crippen LogP contribution in [-0.4, -0.2) is 24.8 Å². The molecule has 1 saturated carbocycles. The molecule has 0 spiro atoms. The molecule has 3 heteroatoms. The molecule has 1 aliphatic carbocycles. The monoisotopic (exact) mass is 234 g/mol. The maximum Gasteiger partial charge on any atom is 0.312 e. The van der Waals surface area contributed by atoms with Crippen LogP contribution in [0.25, 0.3) is 0 Å². The molecule has 1 aromatic rings. The lowest BCUT2D eigenvalue weighted by Crippen LogP contribution is -2.46. The number of aliphatic hydroxyl groups excluding tert-OH is 1. The molecule has 17 heavy (non-hydrogen) atoms. The van der Waals surface area contributed by atoms with Crippen molar-refractivity contribution in [2.45, 2.75) is 25.2 Å². The molecule has 0 saturated heterocycles. The molecule has 0 amide bonds. The zero-order valence-electron chi connectivity index (χ0n) is 10.1. The maximum atomic E-state index is 12.0. The zero-order chi connectivity index (χ0) is 12.3. The highest BCUT2D eigenvalue weighted by molar-refractivity contribution is 5.79. The Balaban J connectivity index is 2.26. The Bertz CT molecular complexity index is 388. The molecule has 0 heterocycles. The van der Waals surface area contributed by atoms with Crippen molar-refractivity contribution in [3.8, 4) is 0 Å². The van der Waals surface area contributed by atoms with Crippen molar-refractivity contribution in [1.29, 1.82) is 0 Å². The van der Waals surface area contributed by atoms with Gasteiger partial charge in [0.25, 0.3) is 0 Å². The minimum atomic E-state index is -0.509. The van der Waals surface area contributed by atoms with E-state index in [1.165, 1.54) is 7.11 Å². The number of hydrogen-bond acceptors (Lipinski definition) is 3. The van der Waals surface area contributed by atoms with Gasteiger partial charge in [0.1, 0.15) is 0 Å². The van der Waals surface area contributed by atoms with Crippen LogP contribution in [0.15, 0.2) is 30.3 Å². The molecular weight excluding hydrogens is 216 g/mol. The lowest BCUT2D eigenvalue weighted by molar-refractivity contribution is -0.162. The van der Waals surface area contributed by atoms with Crippen LogP contribution in [0.1, 0.15) is 30.7 Å². The first-order valence-electron chi connectivity index (χ1n) is 5.99. The van der Waals surface area contributed by atoms with E-state index < -0.39 is 5.41 Å².